The highest BCUT2D eigenvalue weighted by molar-refractivity contribution is 7.09. The van der Waals surface area contributed by atoms with Crippen molar-refractivity contribution in [3.8, 4) is 11.5 Å². The summed E-state index contributed by atoms with van der Waals surface area (Å²) in [5.41, 5.74) is 7.85. The number of methoxy groups -OCH3 is 2. The van der Waals surface area contributed by atoms with Gasteiger partial charge in [0.1, 0.15) is 17.3 Å². The minimum Gasteiger partial charge on any atom is -0.497 e. The monoisotopic (exact) mass is 426 g/mol. The second kappa shape index (κ2) is 10.2. The fraction of sp³-hybridized carbons (Fsp3) is 0.318. The molecule has 0 radical (unpaired) electrons. The Morgan fingerprint density at radius 1 is 1.07 bits per heavy atom. The number of ketones is 1. The van der Waals surface area contributed by atoms with E-state index < -0.39 is 0 Å². The van der Waals surface area contributed by atoms with Crippen LogP contribution in [-0.2, 0) is 6.42 Å². The van der Waals surface area contributed by atoms with E-state index in [0.29, 0.717) is 22.9 Å². The number of ether oxygens (including phenoxy) is 2. The minimum atomic E-state index is -0.249. The highest BCUT2D eigenvalue weighted by Crippen LogP contribution is 2.20. The molecule has 0 aliphatic heterocycles. The Hall–Kier alpha value is -2.97. The maximum absolute atomic E-state index is 12.7. The topological polar surface area (TPSA) is 99.4 Å². The Morgan fingerprint density at radius 3 is 2.23 bits per heavy atom. The van der Waals surface area contributed by atoms with Crippen LogP contribution in [0.4, 0.5) is 5.13 Å². The van der Waals surface area contributed by atoms with E-state index in [1.807, 2.05) is 31.2 Å². The first-order valence-corrected chi connectivity index (χ1v) is 10.4. The fourth-order valence-corrected chi connectivity index (χ4v) is 3.58. The number of carbonyl (C=O) groups is 1. The molecule has 30 heavy (non-hydrogen) atoms. The molecule has 0 saturated heterocycles. The molecular formula is C22H26N4O3S. The van der Waals surface area contributed by atoms with Gasteiger partial charge in [0.05, 0.1) is 20.3 Å². The number of rotatable bonds is 10. The van der Waals surface area contributed by atoms with Crippen LogP contribution in [0.5, 0.6) is 11.5 Å². The van der Waals surface area contributed by atoms with Gasteiger partial charge in [-0.05, 0) is 48.9 Å². The summed E-state index contributed by atoms with van der Waals surface area (Å²) in [5.74, 6) is 2.26. The second-order valence-electron chi connectivity index (χ2n) is 7.01. The van der Waals surface area contributed by atoms with E-state index >= 15 is 0 Å². The van der Waals surface area contributed by atoms with Crippen molar-refractivity contribution in [3.63, 3.8) is 0 Å². The Morgan fingerprint density at radius 2 is 1.67 bits per heavy atom. The molecule has 0 aliphatic carbocycles. The maximum atomic E-state index is 12.7. The number of carbonyl (C=O) groups excluding carboxylic acids is 1. The lowest BCUT2D eigenvalue weighted by molar-refractivity contribution is 0.0974. The highest BCUT2D eigenvalue weighted by Gasteiger charge is 2.20. The van der Waals surface area contributed by atoms with Gasteiger partial charge in [0.2, 0.25) is 5.13 Å². The molecule has 1 heterocycles. The molecule has 7 nitrogen and oxygen atoms in total. The van der Waals surface area contributed by atoms with E-state index in [-0.39, 0.29) is 24.3 Å². The Bertz CT molecular complexity index is 955. The quantitative estimate of drug-likeness (QED) is 0.478. The van der Waals surface area contributed by atoms with Crippen LogP contribution >= 0.6 is 11.5 Å². The molecule has 2 atom stereocenters. The number of benzene rings is 2. The summed E-state index contributed by atoms with van der Waals surface area (Å²) >= 11 is 1.27. The molecule has 2 aromatic carbocycles. The summed E-state index contributed by atoms with van der Waals surface area (Å²) in [7, 11) is 3.24. The maximum Gasteiger partial charge on any atom is 0.202 e. The third-order valence-corrected chi connectivity index (χ3v) is 5.43. The smallest absolute Gasteiger partial charge is 0.202 e. The molecule has 0 amide bonds. The van der Waals surface area contributed by atoms with Crippen LogP contribution < -0.4 is 20.5 Å². The number of hydrogen-bond donors (Lipinski definition) is 2. The summed E-state index contributed by atoms with van der Waals surface area (Å²) in [5, 5.41) is 3.94. The summed E-state index contributed by atoms with van der Waals surface area (Å²) in [6.07, 6.45) is 0.882. The Balaban J connectivity index is 1.62. The van der Waals surface area contributed by atoms with Gasteiger partial charge in [-0.2, -0.15) is 4.37 Å². The van der Waals surface area contributed by atoms with Gasteiger partial charge in [0.25, 0.3) is 0 Å². The number of Topliss-reactive ketones (excluding diaryl/α,β-unsaturated/α-hetero) is 1. The van der Waals surface area contributed by atoms with E-state index in [2.05, 4.69) is 14.7 Å². The van der Waals surface area contributed by atoms with E-state index in [0.717, 1.165) is 17.1 Å². The lowest BCUT2D eigenvalue weighted by atomic mass is 10.00. The zero-order chi connectivity index (χ0) is 21.5. The Labute approximate surface area is 180 Å². The zero-order valence-corrected chi connectivity index (χ0v) is 18.1. The number of nitrogens with zero attached hydrogens (tertiary/aromatic N) is 2. The Kier molecular flexibility index (Phi) is 7.37. The lowest BCUT2D eigenvalue weighted by Gasteiger charge is -2.21. The van der Waals surface area contributed by atoms with Gasteiger partial charge < -0.3 is 20.5 Å². The first-order valence-electron chi connectivity index (χ1n) is 9.63. The summed E-state index contributed by atoms with van der Waals surface area (Å²) in [6.45, 7) is 1.87. The predicted octanol–water partition coefficient (Wildman–Crippen LogP) is 3.55. The van der Waals surface area contributed by atoms with Gasteiger partial charge in [-0.3, -0.25) is 4.79 Å². The number of nitrogens with one attached hydrogen (secondary N) is 1. The van der Waals surface area contributed by atoms with E-state index in [1.165, 1.54) is 11.5 Å². The van der Waals surface area contributed by atoms with Gasteiger partial charge >= 0.3 is 0 Å². The largest absolute Gasteiger partial charge is 0.497 e. The van der Waals surface area contributed by atoms with E-state index in [9.17, 15) is 4.79 Å². The zero-order valence-electron chi connectivity index (χ0n) is 17.3. The van der Waals surface area contributed by atoms with Crippen molar-refractivity contribution in [2.75, 3.05) is 19.5 Å². The van der Waals surface area contributed by atoms with Crippen molar-refractivity contribution in [2.24, 2.45) is 5.73 Å². The van der Waals surface area contributed by atoms with Crippen LogP contribution in [0.3, 0.4) is 0 Å². The molecule has 3 aromatic rings. The third kappa shape index (κ3) is 5.77. The normalized spacial score (nSPS) is 12.8. The van der Waals surface area contributed by atoms with Gasteiger partial charge in [0.15, 0.2) is 5.78 Å². The lowest BCUT2D eigenvalue weighted by Crippen LogP contribution is -2.39. The average Bonchev–Trinajstić information content (AvgIpc) is 3.20. The summed E-state index contributed by atoms with van der Waals surface area (Å²) in [4.78, 5) is 17.2. The summed E-state index contributed by atoms with van der Waals surface area (Å²) < 4.78 is 14.7. The molecule has 8 heteroatoms. The van der Waals surface area contributed by atoms with Crippen molar-refractivity contribution >= 4 is 22.4 Å². The van der Waals surface area contributed by atoms with Gasteiger partial charge in [0, 0.05) is 36.0 Å². The molecule has 1 aromatic heterocycles. The number of anilines is 1. The van der Waals surface area contributed by atoms with Crippen LogP contribution in [0.1, 0.15) is 35.1 Å². The first-order chi connectivity index (χ1) is 14.5. The van der Waals surface area contributed by atoms with Crippen LogP contribution in [-0.4, -0.2) is 41.4 Å². The molecule has 0 fully saturated rings. The van der Waals surface area contributed by atoms with Crippen LogP contribution in [0.2, 0.25) is 0 Å². The van der Waals surface area contributed by atoms with Crippen molar-refractivity contribution in [3.05, 3.63) is 65.5 Å². The van der Waals surface area contributed by atoms with Gasteiger partial charge in [-0.25, -0.2) is 4.98 Å². The molecule has 2 unspecified atom stereocenters. The fourth-order valence-electron chi connectivity index (χ4n) is 2.93. The molecule has 0 saturated carbocycles. The third-order valence-electron chi connectivity index (χ3n) is 4.75. The van der Waals surface area contributed by atoms with Crippen molar-refractivity contribution in [1.29, 1.82) is 0 Å². The number of nitrogens with two attached hydrogens (primary N) is 1. The van der Waals surface area contributed by atoms with Crippen molar-refractivity contribution < 1.29 is 14.3 Å². The second-order valence-corrected chi connectivity index (χ2v) is 7.76. The number of hydrogen-bond acceptors (Lipinski definition) is 8. The van der Waals surface area contributed by atoms with Crippen LogP contribution in [0.15, 0.2) is 48.5 Å². The van der Waals surface area contributed by atoms with Crippen LogP contribution in [0, 0.1) is 0 Å². The van der Waals surface area contributed by atoms with E-state index in [1.54, 1.807) is 38.5 Å². The molecular weight excluding hydrogens is 400 g/mol. The molecule has 3 N–H and O–H groups in total. The SMILES string of the molecule is COc1ccc(Cc2nsc(NC(CC(=O)c3ccc(OC)cc3)C(C)N)n2)cc1. The van der Waals surface area contributed by atoms with Crippen molar-refractivity contribution in [1.82, 2.24) is 9.36 Å². The van der Waals surface area contributed by atoms with Gasteiger partial charge in [-0.15, -0.1) is 0 Å². The average molecular weight is 427 g/mol. The standard InChI is InChI=1S/C22H26N4O3S/c1-14(23)19(13-20(27)16-6-10-18(29-3)11-7-16)24-22-25-21(26-30-22)12-15-4-8-17(28-2)9-5-15/h4-11,14,19H,12-13,23H2,1-3H3,(H,24,25,26). The first kappa shape index (κ1) is 21.7. The minimum absolute atomic E-state index is 0.00965. The molecule has 3 rings (SSSR count). The van der Waals surface area contributed by atoms with Crippen LogP contribution in [0.25, 0.3) is 0 Å². The van der Waals surface area contributed by atoms with Gasteiger partial charge in [-0.1, -0.05) is 12.1 Å². The molecule has 0 bridgehead atoms. The molecule has 0 aliphatic rings. The number of aromatic nitrogens is 2. The van der Waals surface area contributed by atoms with Crippen molar-refractivity contribution in [2.45, 2.75) is 31.8 Å². The van der Waals surface area contributed by atoms with E-state index in [4.69, 9.17) is 15.2 Å². The molecule has 158 valence electrons. The highest BCUT2D eigenvalue weighted by atomic mass is 32.1. The predicted molar refractivity (Wildman–Crippen MR) is 119 cm³/mol. The molecule has 0 spiro atoms. The summed E-state index contributed by atoms with van der Waals surface area (Å²) in [6, 6.07) is 14.4.